The van der Waals surface area contributed by atoms with E-state index in [1.54, 1.807) is 42.5 Å². The third-order valence-corrected chi connectivity index (χ3v) is 3.18. The summed E-state index contributed by atoms with van der Waals surface area (Å²) in [5, 5.41) is 18.2. The summed E-state index contributed by atoms with van der Waals surface area (Å²) in [5.74, 6) is -1.39. The number of benzene rings is 2. The van der Waals surface area contributed by atoms with Gasteiger partial charge in [0.05, 0.1) is 17.9 Å². The quantitative estimate of drug-likeness (QED) is 0.902. The number of carboxylic acid groups (broad SMARTS) is 1. The molecule has 2 rings (SSSR count). The number of aromatic carboxylic acids is 1. The third-order valence-electron chi connectivity index (χ3n) is 3.18. The maximum Gasteiger partial charge on any atom is 0.337 e. The van der Waals surface area contributed by atoms with E-state index in [9.17, 15) is 9.59 Å². The summed E-state index contributed by atoms with van der Waals surface area (Å²) < 4.78 is 0. The molecule has 0 spiro atoms. The van der Waals surface area contributed by atoms with E-state index in [1.807, 2.05) is 0 Å². The molecule has 0 radical (unpaired) electrons. The minimum atomic E-state index is -1.08. The molecule has 0 aliphatic heterocycles. The van der Waals surface area contributed by atoms with E-state index >= 15 is 0 Å². The molecule has 5 nitrogen and oxygen atoms in total. The number of hydrogen-bond donors (Lipinski definition) is 2. The summed E-state index contributed by atoms with van der Waals surface area (Å²) in [6.07, 6.45) is 0. The monoisotopic (exact) mass is 285 g/mol. The summed E-state index contributed by atoms with van der Waals surface area (Å²) in [6.45, 7) is -0.0911. The summed E-state index contributed by atoms with van der Waals surface area (Å²) in [5.41, 5.74) is 1.54. The number of hydrogen-bond acceptors (Lipinski definition) is 3. The maximum absolute atomic E-state index is 12.4. The molecule has 5 heteroatoms. The molecule has 0 fully saturated rings. The van der Waals surface area contributed by atoms with Crippen molar-refractivity contribution in [2.75, 3.05) is 11.9 Å². The first-order valence-electron chi connectivity index (χ1n) is 6.34. The number of anilines is 1. The second-order valence-electron chi connectivity index (χ2n) is 4.54. The van der Waals surface area contributed by atoms with Gasteiger partial charge in [-0.15, -0.1) is 0 Å². The Morgan fingerprint density at radius 2 is 1.67 bits per heavy atom. The number of aliphatic hydroxyl groups excluding tert-OH is 1. The van der Waals surface area contributed by atoms with Crippen LogP contribution in [0.25, 0.3) is 0 Å². The van der Waals surface area contributed by atoms with Crippen molar-refractivity contribution in [3.8, 4) is 0 Å². The first-order valence-corrected chi connectivity index (χ1v) is 6.34. The Bertz CT molecular complexity index is 664. The van der Waals surface area contributed by atoms with Crippen molar-refractivity contribution >= 4 is 17.6 Å². The molecule has 108 valence electrons. The van der Waals surface area contributed by atoms with Crippen LogP contribution in [-0.2, 0) is 6.61 Å². The van der Waals surface area contributed by atoms with Crippen molar-refractivity contribution in [1.82, 2.24) is 0 Å². The molecule has 2 aromatic carbocycles. The molecule has 0 aliphatic carbocycles. The standard InChI is InChI=1S/C16H15NO4/c1-17(14-5-3-2-4-13(14)16(20)21)15(19)12-8-6-11(10-18)7-9-12/h2-9,18H,10H2,1H3,(H,20,21). The fourth-order valence-electron chi connectivity index (χ4n) is 2.00. The van der Waals surface area contributed by atoms with Gasteiger partial charge in [-0.3, -0.25) is 4.79 Å². The van der Waals surface area contributed by atoms with Gasteiger partial charge in [0.2, 0.25) is 0 Å². The first-order chi connectivity index (χ1) is 10.0. The molecular formula is C16H15NO4. The summed E-state index contributed by atoms with van der Waals surface area (Å²) in [7, 11) is 1.53. The van der Waals surface area contributed by atoms with E-state index in [4.69, 9.17) is 10.2 Å². The van der Waals surface area contributed by atoms with E-state index in [-0.39, 0.29) is 18.1 Å². The average Bonchev–Trinajstić information content (AvgIpc) is 2.53. The first kappa shape index (κ1) is 14.7. The Morgan fingerprint density at radius 3 is 2.24 bits per heavy atom. The van der Waals surface area contributed by atoms with Crippen molar-refractivity contribution in [2.45, 2.75) is 6.61 Å². The fourth-order valence-corrected chi connectivity index (χ4v) is 2.00. The lowest BCUT2D eigenvalue weighted by molar-refractivity contribution is 0.0697. The summed E-state index contributed by atoms with van der Waals surface area (Å²) in [6, 6.07) is 12.9. The normalized spacial score (nSPS) is 10.2. The Labute approximate surface area is 122 Å². The highest BCUT2D eigenvalue weighted by Gasteiger charge is 2.18. The number of carboxylic acids is 1. The van der Waals surface area contributed by atoms with Gasteiger partial charge in [0, 0.05) is 12.6 Å². The Kier molecular flexibility index (Phi) is 4.35. The zero-order valence-electron chi connectivity index (χ0n) is 11.5. The zero-order valence-corrected chi connectivity index (χ0v) is 11.5. The molecule has 2 N–H and O–H groups in total. The highest BCUT2D eigenvalue weighted by molar-refractivity contribution is 6.09. The topological polar surface area (TPSA) is 77.8 Å². The van der Waals surface area contributed by atoms with Crippen molar-refractivity contribution < 1.29 is 19.8 Å². The van der Waals surface area contributed by atoms with Gasteiger partial charge in [-0.1, -0.05) is 24.3 Å². The average molecular weight is 285 g/mol. The Hall–Kier alpha value is -2.66. The van der Waals surface area contributed by atoms with Crippen LogP contribution in [0.15, 0.2) is 48.5 Å². The van der Waals surface area contributed by atoms with Gasteiger partial charge in [0.25, 0.3) is 5.91 Å². The molecule has 0 bridgehead atoms. The Balaban J connectivity index is 2.32. The highest BCUT2D eigenvalue weighted by atomic mass is 16.4. The molecule has 0 aliphatic rings. The number of carbonyl (C=O) groups is 2. The highest BCUT2D eigenvalue weighted by Crippen LogP contribution is 2.21. The zero-order chi connectivity index (χ0) is 15.4. The lowest BCUT2D eigenvalue weighted by Crippen LogP contribution is -2.27. The second-order valence-corrected chi connectivity index (χ2v) is 4.54. The number of nitrogens with zero attached hydrogens (tertiary/aromatic N) is 1. The summed E-state index contributed by atoms with van der Waals surface area (Å²) in [4.78, 5) is 24.9. The van der Waals surface area contributed by atoms with Crippen LogP contribution >= 0.6 is 0 Å². The number of para-hydroxylation sites is 1. The number of aliphatic hydroxyl groups is 1. The van der Waals surface area contributed by atoms with Gasteiger partial charge in [0.1, 0.15) is 0 Å². The smallest absolute Gasteiger partial charge is 0.337 e. The number of rotatable bonds is 4. The lowest BCUT2D eigenvalue weighted by atomic mass is 10.1. The molecule has 0 heterocycles. The van der Waals surface area contributed by atoms with E-state index in [0.717, 1.165) is 0 Å². The van der Waals surface area contributed by atoms with Crippen LogP contribution in [0.4, 0.5) is 5.69 Å². The van der Waals surface area contributed by atoms with Crippen molar-refractivity contribution in [1.29, 1.82) is 0 Å². The molecule has 0 aromatic heterocycles. The van der Waals surface area contributed by atoms with Crippen LogP contribution < -0.4 is 4.90 Å². The molecule has 1 amide bonds. The molecule has 0 atom stereocenters. The predicted octanol–water partition coefficient (Wildman–Crippen LogP) is 2.15. The third kappa shape index (κ3) is 3.09. The molecule has 0 saturated heterocycles. The van der Waals surface area contributed by atoms with Crippen molar-refractivity contribution in [3.63, 3.8) is 0 Å². The largest absolute Gasteiger partial charge is 0.478 e. The van der Waals surface area contributed by atoms with Crippen LogP contribution in [-0.4, -0.2) is 29.1 Å². The second kappa shape index (κ2) is 6.19. The van der Waals surface area contributed by atoms with Gasteiger partial charge >= 0.3 is 5.97 Å². The van der Waals surface area contributed by atoms with Crippen LogP contribution in [0, 0.1) is 0 Å². The van der Waals surface area contributed by atoms with Gasteiger partial charge in [-0.05, 0) is 29.8 Å². The SMILES string of the molecule is CN(C(=O)c1ccc(CO)cc1)c1ccccc1C(=O)O. The summed E-state index contributed by atoms with van der Waals surface area (Å²) >= 11 is 0. The van der Waals surface area contributed by atoms with Gasteiger partial charge < -0.3 is 15.1 Å². The lowest BCUT2D eigenvalue weighted by Gasteiger charge is -2.19. The maximum atomic E-state index is 12.4. The minimum absolute atomic E-state index is 0.0697. The van der Waals surface area contributed by atoms with Crippen LogP contribution in [0.5, 0.6) is 0 Å². The van der Waals surface area contributed by atoms with E-state index < -0.39 is 5.97 Å². The molecule has 0 saturated carbocycles. The molecular weight excluding hydrogens is 270 g/mol. The molecule has 0 unspecified atom stereocenters. The van der Waals surface area contributed by atoms with E-state index in [0.29, 0.717) is 16.8 Å². The van der Waals surface area contributed by atoms with Gasteiger partial charge in [-0.2, -0.15) is 0 Å². The van der Waals surface area contributed by atoms with Crippen LogP contribution in [0.3, 0.4) is 0 Å². The van der Waals surface area contributed by atoms with Gasteiger partial charge in [0.15, 0.2) is 0 Å². The van der Waals surface area contributed by atoms with Crippen molar-refractivity contribution in [3.05, 3.63) is 65.2 Å². The van der Waals surface area contributed by atoms with Crippen LogP contribution in [0.1, 0.15) is 26.3 Å². The molecule has 21 heavy (non-hydrogen) atoms. The fraction of sp³-hybridized carbons (Fsp3) is 0.125. The minimum Gasteiger partial charge on any atom is -0.478 e. The molecule has 2 aromatic rings. The van der Waals surface area contributed by atoms with Crippen molar-refractivity contribution in [2.24, 2.45) is 0 Å². The van der Waals surface area contributed by atoms with E-state index in [2.05, 4.69) is 0 Å². The number of carbonyl (C=O) groups excluding carboxylic acids is 1. The van der Waals surface area contributed by atoms with Crippen LogP contribution in [0.2, 0.25) is 0 Å². The predicted molar refractivity (Wildman–Crippen MR) is 78.5 cm³/mol. The van der Waals surface area contributed by atoms with Gasteiger partial charge in [-0.25, -0.2) is 4.79 Å². The Morgan fingerprint density at radius 1 is 1.05 bits per heavy atom. The number of amides is 1. The van der Waals surface area contributed by atoms with E-state index in [1.165, 1.54) is 18.0 Å².